The molecule has 0 heterocycles. The van der Waals surface area contributed by atoms with Crippen molar-refractivity contribution in [2.75, 3.05) is 11.9 Å². The number of nitriles is 1. The van der Waals surface area contributed by atoms with Gasteiger partial charge in [-0.2, -0.15) is 5.26 Å². The third-order valence-corrected chi connectivity index (χ3v) is 4.06. The maximum atomic E-state index is 13.8. The van der Waals surface area contributed by atoms with E-state index in [0.29, 0.717) is 24.0 Å². The molecule has 0 unspecified atom stereocenters. The van der Waals surface area contributed by atoms with Crippen molar-refractivity contribution in [2.24, 2.45) is 0 Å². The first kappa shape index (κ1) is 19.1. The van der Waals surface area contributed by atoms with Gasteiger partial charge in [0.05, 0.1) is 12.3 Å². The summed E-state index contributed by atoms with van der Waals surface area (Å²) in [6.45, 7) is 2.24. The standard InChI is InChI=1S/C22H16F2N2O2/c1-2-28-21-10-7-14-5-3-4-6-17(14)18(21)11-15(13-25)22(27)26-20-9-8-16(23)12-19(20)24/h3-12H,2H2,1H3,(H,26,27)/b15-11+. The molecule has 0 aromatic heterocycles. The first-order chi connectivity index (χ1) is 13.5. The number of carbonyl (C=O) groups is 1. The van der Waals surface area contributed by atoms with E-state index >= 15 is 0 Å². The van der Waals surface area contributed by atoms with Crippen LogP contribution in [-0.2, 0) is 4.79 Å². The highest BCUT2D eigenvalue weighted by Gasteiger charge is 2.15. The monoisotopic (exact) mass is 378 g/mol. The maximum Gasteiger partial charge on any atom is 0.266 e. The molecule has 0 atom stereocenters. The number of benzene rings is 3. The van der Waals surface area contributed by atoms with Gasteiger partial charge in [-0.1, -0.05) is 30.3 Å². The van der Waals surface area contributed by atoms with E-state index in [1.165, 1.54) is 6.08 Å². The highest BCUT2D eigenvalue weighted by Crippen LogP contribution is 2.30. The Bertz CT molecular complexity index is 1120. The zero-order chi connectivity index (χ0) is 20.1. The van der Waals surface area contributed by atoms with Crippen LogP contribution < -0.4 is 10.1 Å². The van der Waals surface area contributed by atoms with E-state index in [0.717, 1.165) is 22.9 Å². The van der Waals surface area contributed by atoms with Gasteiger partial charge in [0.15, 0.2) is 0 Å². The molecular weight excluding hydrogens is 362 g/mol. The lowest BCUT2D eigenvalue weighted by Gasteiger charge is -2.11. The minimum absolute atomic E-state index is 0.212. The smallest absolute Gasteiger partial charge is 0.266 e. The highest BCUT2D eigenvalue weighted by atomic mass is 19.1. The molecule has 3 aromatic rings. The van der Waals surface area contributed by atoms with E-state index in [4.69, 9.17) is 4.74 Å². The van der Waals surface area contributed by atoms with Crippen LogP contribution in [0.15, 0.2) is 60.2 Å². The fourth-order valence-electron chi connectivity index (χ4n) is 2.78. The summed E-state index contributed by atoms with van der Waals surface area (Å²) < 4.78 is 32.5. The minimum Gasteiger partial charge on any atom is -0.493 e. The molecule has 3 aromatic carbocycles. The van der Waals surface area contributed by atoms with Gasteiger partial charge in [-0.05, 0) is 42.0 Å². The minimum atomic E-state index is -0.925. The SMILES string of the molecule is CCOc1ccc2ccccc2c1/C=C(\C#N)C(=O)Nc1ccc(F)cc1F. The zero-order valence-electron chi connectivity index (χ0n) is 15.0. The lowest BCUT2D eigenvalue weighted by atomic mass is 10.0. The van der Waals surface area contributed by atoms with Gasteiger partial charge in [0, 0.05) is 11.6 Å². The number of rotatable bonds is 5. The summed E-state index contributed by atoms with van der Waals surface area (Å²) in [7, 11) is 0. The fraction of sp³-hybridized carbons (Fsp3) is 0.0909. The third kappa shape index (κ3) is 3.99. The van der Waals surface area contributed by atoms with E-state index in [2.05, 4.69) is 5.32 Å². The second-order valence-corrected chi connectivity index (χ2v) is 5.88. The van der Waals surface area contributed by atoms with Crippen LogP contribution in [0.3, 0.4) is 0 Å². The largest absolute Gasteiger partial charge is 0.493 e. The van der Waals surface area contributed by atoms with Crippen LogP contribution >= 0.6 is 0 Å². The number of fused-ring (bicyclic) bond motifs is 1. The van der Waals surface area contributed by atoms with E-state index in [9.17, 15) is 18.8 Å². The molecule has 3 rings (SSSR count). The predicted molar refractivity (Wildman–Crippen MR) is 104 cm³/mol. The average molecular weight is 378 g/mol. The highest BCUT2D eigenvalue weighted by molar-refractivity contribution is 6.11. The van der Waals surface area contributed by atoms with Gasteiger partial charge >= 0.3 is 0 Å². The van der Waals surface area contributed by atoms with E-state index in [-0.39, 0.29) is 11.3 Å². The van der Waals surface area contributed by atoms with Crippen LogP contribution in [0.5, 0.6) is 5.75 Å². The molecule has 1 amide bonds. The predicted octanol–water partition coefficient (Wildman–Crippen LogP) is 5.06. The Kier molecular flexibility index (Phi) is 5.66. The fourth-order valence-corrected chi connectivity index (χ4v) is 2.78. The summed E-state index contributed by atoms with van der Waals surface area (Å²) in [5.41, 5.74) is 0.128. The Balaban J connectivity index is 2.03. The molecule has 0 saturated carbocycles. The molecular formula is C22H16F2N2O2. The Morgan fingerprint density at radius 2 is 1.96 bits per heavy atom. The van der Waals surface area contributed by atoms with Gasteiger partial charge in [-0.25, -0.2) is 8.78 Å². The molecule has 0 fully saturated rings. The van der Waals surface area contributed by atoms with Gasteiger partial charge in [-0.3, -0.25) is 4.79 Å². The third-order valence-electron chi connectivity index (χ3n) is 4.06. The Morgan fingerprint density at radius 3 is 2.68 bits per heavy atom. The van der Waals surface area contributed by atoms with Gasteiger partial charge in [0.2, 0.25) is 0 Å². The van der Waals surface area contributed by atoms with Crippen molar-refractivity contribution in [1.82, 2.24) is 0 Å². The Morgan fingerprint density at radius 1 is 1.18 bits per heavy atom. The zero-order valence-corrected chi connectivity index (χ0v) is 15.0. The quantitative estimate of drug-likeness (QED) is 0.498. The van der Waals surface area contributed by atoms with E-state index in [1.54, 1.807) is 6.07 Å². The lowest BCUT2D eigenvalue weighted by molar-refractivity contribution is -0.112. The number of anilines is 1. The summed E-state index contributed by atoms with van der Waals surface area (Å²) in [6, 6.07) is 15.7. The first-order valence-corrected chi connectivity index (χ1v) is 8.56. The summed E-state index contributed by atoms with van der Waals surface area (Å²) >= 11 is 0. The summed E-state index contributed by atoms with van der Waals surface area (Å²) in [4.78, 5) is 12.5. The number of carbonyl (C=O) groups excluding carboxylic acids is 1. The molecule has 0 radical (unpaired) electrons. The number of amides is 1. The van der Waals surface area contributed by atoms with Crippen LogP contribution in [0, 0.1) is 23.0 Å². The van der Waals surface area contributed by atoms with Crippen molar-refractivity contribution >= 4 is 28.4 Å². The molecule has 0 aliphatic rings. The van der Waals surface area contributed by atoms with Crippen LogP contribution in [0.1, 0.15) is 12.5 Å². The van der Waals surface area contributed by atoms with Gasteiger partial charge in [0.25, 0.3) is 5.91 Å². The number of ether oxygens (including phenoxy) is 1. The van der Waals surface area contributed by atoms with Gasteiger partial charge < -0.3 is 10.1 Å². The maximum absolute atomic E-state index is 13.8. The van der Waals surface area contributed by atoms with Crippen molar-refractivity contribution in [3.8, 4) is 11.8 Å². The van der Waals surface area contributed by atoms with Crippen molar-refractivity contribution < 1.29 is 18.3 Å². The number of halogens is 2. The second kappa shape index (κ2) is 8.31. The van der Waals surface area contributed by atoms with Gasteiger partial charge in [-0.15, -0.1) is 0 Å². The molecule has 0 aliphatic carbocycles. The lowest BCUT2D eigenvalue weighted by Crippen LogP contribution is -2.14. The first-order valence-electron chi connectivity index (χ1n) is 8.56. The molecule has 1 N–H and O–H groups in total. The van der Waals surface area contributed by atoms with Crippen LogP contribution in [-0.4, -0.2) is 12.5 Å². The van der Waals surface area contributed by atoms with Crippen LogP contribution in [0.4, 0.5) is 14.5 Å². The van der Waals surface area contributed by atoms with Crippen molar-refractivity contribution in [2.45, 2.75) is 6.92 Å². The summed E-state index contributed by atoms with van der Waals surface area (Å²) in [6.07, 6.45) is 1.41. The van der Waals surface area contributed by atoms with Crippen molar-refractivity contribution in [1.29, 1.82) is 5.26 Å². The van der Waals surface area contributed by atoms with E-state index in [1.807, 2.05) is 43.3 Å². The van der Waals surface area contributed by atoms with Crippen LogP contribution in [0.25, 0.3) is 16.8 Å². The number of nitrogens with one attached hydrogen (secondary N) is 1. The Hall–Kier alpha value is -3.72. The number of hydrogen-bond donors (Lipinski definition) is 1. The second-order valence-electron chi connectivity index (χ2n) is 5.88. The summed E-state index contributed by atoms with van der Waals surface area (Å²) in [5.74, 6) is -1.97. The molecule has 0 spiro atoms. The molecule has 0 saturated heterocycles. The Labute approximate surface area is 160 Å². The number of hydrogen-bond acceptors (Lipinski definition) is 3. The average Bonchev–Trinajstić information content (AvgIpc) is 2.69. The normalized spacial score (nSPS) is 11.1. The summed E-state index contributed by atoms with van der Waals surface area (Å²) in [5, 5.41) is 13.5. The molecule has 6 heteroatoms. The van der Waals surface area contributed by atoms with E-state index < -0.39 is 17.5 Å². The molecule has 0 bridgehead atoms. The topological polar surface area (TPSA) is 62.1 Å². The molecule has 4 nitrogen and oxygen atoms in total. The van der Waals surface area contributed by atoms with Crippen LogP contribution in [0.2, 0.25) is 0 Å². The van der Waals surface area contributed by atoms with Gasteiger partial charge in [0.1, 0.15) is 29.0 Å². The van der Waals surface area contributed by atoms with Crippen molar-refractivity contribution in [3.63, 3.8) is 0 Å². The molecule has 0 aliphatic heterocycles. The number of nitrogens with zero attached hydrogens (tertiary/aromatic N) is 1. The van der Waals surface area contributed by atoms with Crippen molar-refractivity contribution in [3.05, 3.63) is 77.4 Å². The molecule has 28 heavy (non-hydrogen) atoms. The molecule has 140 valence electrons.